The number of rotatable bonds is 8. The van der Waals surface area contributed by atoms with Crippen LogP contribution in [0.5, 0.6) is 0 Å². The molecule has 0 bridgehead atoms. The molecular weight excluding hydrogens is 284 g/mol. The van der Waals surface area contributed by atoms with Gasteiger partial charge in [0.1, 0.15) is 0 Å². The fourth-order valence-electron chi connectivity index (χ4n) is 1.89. The molecule has 120 valence electrons. The molecule has 0 aliphatic carbocycles. The summed E-state index contributed by atoms with van der Waals surface area (Å²) in [4.78, 5) is 0.323. The van der Waals surface area contributed by atoms with Gasteiger partial charge in [-0.25, -0.2) is 13.1 Å². The second-order valence-electron chi connectivity index (χ2n) is 6.05. The maximum atomic E-state index is 12.4. The summed E-state index contributed by atoms with van der Waals surface area (Å²) in [5.41, 5.74) is 0.688. The van der Waals surface area contributed by atoms with Crippen molar-refractivity contribution < 1.29 is 8.42 Å². The summed E-state index contributed by atoms with van der Waals surface area (Å²) in [6, 6.07) is 7.47. The number of hydrogen-bond donors (Lipinski definition) is 2. The lowest BCUT2D eigenvalue weighted by molar-refractivity contribution is 0.388. The first-order chi connectivity index (χ1) is 9.72. The highest BCUT2D eigenvalue weighted by Crippen LogP contribution is 2.19. The highest BCUT2D eigenvalue weighted by atomic mass is 32.2. The predicted molar refractivity (Wildman–Crippen MR) is 87.7 cm³/mol. The smallest absolute Gasteiger partial charge is 0.241 e. The minimum Gasteiger partial charge on any atom is -0.310 e. The monoisotopic (exact) mass is 312 g/mol. The van der Waals surface area contributed by atoms with Crippen molar-refractivity contribution in [3.05, 3.63) is 29.8 Å². The van der Waals surface area contributed by atoms with Gasteiger partial charge in [-0.05, 0) is 37.5 Å². The Morgan fingerprint density at radius 3 is 2.05 bits per heavy atom. The van der Waals surface area contributed by atoms with Gasteiger partial charge >= 0.3 is 0 Å². The van der Waals surface area contributed by atoms with Crippen LogP contribution in [0.25, 0.3) is 0 Å². The Kier molecular flexibility index (Phi) is 6.38. The van der Waals surface area contributed by atoms with E-state index in [0.717, 1.165) is 24.9 Å². The number of sulfonamides is 1. The van der Waals surface area contributed by atoms with Gasteiger partial charge in [0.15, 0.2) is 0 Å². The zero-order chi connectivity index (χ0) is 16.1. The van der Waals surface area contributed by atoms with Crippen molar-refractivity contribution in [2.24, 2.45) is 0 Å². The van der Waals surface area contributed by atoms with Crippen molar-refractivity contribution >= 4 is 10.0 Å². The summed E-state index contributed by atoms with van der Waals surface area (Å²) in [6.07, 6.45) is 1.53. The quantitative estimate of drug-likeness (QED) is 0.775. The molecule has 1 aromatic carbocycles. The Balaban J connectivity index is 2.85. The fourth-order valence-corrected chi connectivity index (χ4v) is 3.44. The molecule has 2 N–H and O–H groups in total. The zero-order valence-corrected chi connectivity index (χ0v) is 14.5. The van der Waals surface area contributed by atoms with Crippen LogP contribution in [0.2, 0.25) is 0 Å². The molecule has 0 saturated heterocycles. The second-order valence-corrected chi connectivity index (χ2v) is 7.74. The summed E-state index contributed by atoms with van der Waals surface area (Å²) in [5, 5.41) is 3.31. The van der Waals surface area contributed by atoms with Crippen LogP contribution in [-0.4, -0.2) is 20.0 Å². The van der Waals surface area contributed by atoms with Crippen LogP contribution in [0, 0.1) is 0 Å². The highest BCUT2D eigenvalue weighted by molar-refractivity contribution is 7.89. The predicted octanol–water partition coefficient (Wildman–Crippen LogP) is 3.04. The van der Waals surface area contributed by atoms with E-state index in [1.165, 1.54) is 0 Å². The number of benzene rings is 1. The summed E-state index contributed by atoms with van der Waals surface area (Å²) in [7, 11) is -3.46. The molecule has 0 unspecified atom stereocenters. The third kappa shape index (κ3) is 5.41. The molecule has 21 heavy (non-hydrogen) atoms. The van der Waals surface area contributed by atoms with E-state index in [9.17, 15) is 8.42 Å². The molecule has 5 heteroatoms. The van der Waals surface area contributed by atoms with Gasteiger partial charge in [-0.2, -0.15) is 0 Å². The first-order valence-electron chi connectivity index (χ1n) is 7.58. The molecule has 0 atom stereocenters. The molecule has 1 rings (SSSR count). The minimum absolute atomic E-state index is 0.323. The average molecular weight is 312 g/mol. The molecule has 0 amide bonds. The fraction of sp³-hybridized carbons (Fsp3) is 0.625. The normalized spacial score (nSPS) is 12.9. The molecule has 0 aliphatic rings. The van der Waals surface area contributed by atoms with Crippen LogP contribution < -0.4 is 10.0 Å². The van der Waals surface area contributed by atoms with Gasteiger partial charge in [0.25, 0.3) is 0 Å². The van der Waals surface area contributed by atoms with Crippen molar-refractivity contribution in [1.82, 2.24) is 10.0 Å². The van der Waals surface area contributed by atoms with Crippen molar-refractivity contribution in [1.29, 1.82) is 0 Å². The van der Waals surface area contributed by atoms with Crippen molar-refractivity contribution in [3.63, 3.8) is 0 Å². The standard InChI is InChI=1S/C16H28N2O2S/c1-6-16(5,7-2)18-21(19,20)15-10-8-14(9-11-15)12-17-13(3)4/h8-11,13,17-18H,6-7,12H2,1-5H3. The average Bonchev–Trinajstić information content (AvgIpc) is 2.45. The number of nitrogens with one attached hydrogen (secondary N) is 2. The van der Waals surface area contributed by atoms with Gasteiger partial charge in [0.05, 0.1) is 4.90 Å². The Bertz CT molecular complexity index is 532. The third-order valence-corrected chi connectivity index (χ3v) is 5.54. The summed E-state index contributed by atoms with van der Waals surface area (Å²) in [6.45, 7) is 10.8. The van der Waals surface area contributed by atoms with Gasteiger partial charge in [-0.15, -0.1) is 0 Å². The molecule has 0 aromatic heterocycles. The Morgan fingerprint density at radius 2 is 1.62 bits per heavy atom. The van der Waals surface area contributed by atoms with E-state index in [1.54, 1.807) is 12.1 Å². The van der Waals surface area contributed by atoms with E-state index in [0.29, 0.717) is 10.9 Å². The molecule has 4 nitrogen and oxygen atoms in total. The van der Waals surface area contributed by atoms with Crippen LogP contribution in [0.4, 0.5) is 0 Å². The first kappa shape index (κ1) is 18.1. The van der Waals surface area contributed by atoms with Crippen LogP contribution in [0.3, 0.4) is 0 Å². The first-order valence-corrected chi connectivity index (χ1v) is 9.07. The maximum absolute atomic E-state index is 12.4. The highest BCUT2D eigenvalue weighted by Gasteiger charge is 2.27. The molecule has 0 aliphatic heterocycles. The Hall–Kier alpha value is -0.910. The maximum Gasteiger partial charge on any atom is 0.241 e. The van der Waals surface area contributed by atoms with Crippen LogP contribution in [-0.2, 0) is 16.6 Å². The van der Waals surface area contributed by atoms with Crippen LogP contribution >= 0.6 is 0 Å². The van der Waals surface area contributed by atoms with Crippen LogP contribution in [0.15, 0.2) is 29.2 Å². The van der Waals surface area contributed by atoms with Gasteiger partial charge in [0.2, 0.25) is 10.0 Å². The van der Waals surface area contributed by atoms with Gasteiger partial charge in [-0.3, -0.25) is 0 Å². The molecule has 0 radical (unpaired) electrons. The summed E-state index contributed by atoms with van der Waals surface area (Å²) < 4.78 is 27.6. The van der Waals surface area contributed by atoms with Gasteiger partial charge < -0.3 is 5.32 Å². The number of hydrogen-bond acceptors (Lipinski definition) is 3. The van der Waals surface area contributed by atoms with E-state index >= 15 is 0 Å². The molecule has 0 fully saturated rings. The van der Waals surface area contributed by atoms with E-state index < -0.39 is 15.6 Å². The second kappa shape index (κ2) is 7.38. The SMILES string of the molecule is CCC(C)(CC)NS(=O)(=O)c1ccc(CNC(C)C)cc1. The van der Waals surface area contributed by atoms with E-state index in [-0.39, 0.29) is 0 Å². The lowest BCUT2D eigenvalue weighted by atomic mass is 9.98. The molecule has 0 saturated carbocycles. The summed E-state index contributed by atoms with van der Waals surface area (Å²) >= 11 is 0. The zero-order valence-electron chi connectivity index (χ0n) is 13.7. The van der Waals surface area contributed by atoms with E-state index in [2.05, 4.69) is 23.9 Å². The molecular formula is C16H28N2O2S. The van der Waals surface area contributed by atoms with Gasteiger partial charge in [-0.1, -0.05) is 39.8 Å². The topological polar surface area (TPSA) is 58.2 Å². The third-order valence-electron chi connectivity index (χ3n) is 3.89. The van der Waals surface area contributed by atoms with Crippen molar-refractivity contribution in [2.75, 3.05) is 0 Å². The lowest BCUT2D eigenvalue weighted by Gasteiger charge is -2.27. The largest absolute Gasteiger partial charge is 0.310 e. The molecule has 0 heterocycles. The van der Waals surface area contributed by atoms with Crippen LogP contribution in [0.1, 0.15) is 53.0 Å². The molecule has 1 aromatic rings. The minimum atomic E-state index is -3.46. The van der Waals surface area contributed by atoms with Crippen molar-refractivity contribution in [2.45, 2.75) is 70.5 Å². The Morgan fingerprint density at radius 1 is 1.10 bits per heavy atom. The lowest BCUT2D eigenvalue weighted by Crippen LogP contribution is -2.44. The van der Waals surface area contributed by atoms with E-state index in [1.807, 2.05) is 32.9 Å². The van der Waals surface area contributed by atoms with Crippen molar-refractivity contribution in [3.8, 4) is 0 Å². The summed E-state index contributed by atoms with van der Waals surface area (Å²) in [5.74, 6) is 0. The van der Waals surface area contributed by atoms with E-state index in [4.69, 9.17) is 0 Å². The Labute approximate surface area is 129 Å². The molecule has 0 spiro atoms. The van der Waals surface area contributed by atoms with Gasteiger partial charge in [0, 0.05) is 18.1 Å².